The molecule has 13 heteroatoms. The Morgan fingerprint density at radius 3 is 2.26 bits per heavy atom. The van der Waals surface area contributed by atoms with Crippen LogP contribution in [0.3, 0.4) is 0 Å². The van der Waals surface area contributed by atoms with E-state index in [1.54, 1.807) is 23.7 Å². The largest absolute Gasteiger partial charge is 0.389 e. The average molecular weight is 705 g/mol. The first-order chi connectivity index (χ1) is 23.9. The van der Waals surface area contributed by atoms with Crippen LogP contribution in [0.5, 0.6) is 0 Å². The molecule has 0 spiro atoms. The van der Waals surface area contributed by atoms with Crippen LogP contribution in [0.15, 0.2) is 79.0 Å². The topological polar surface area (TPSA) is 147 Å². The number of benzene rings is 3. The van der Waals surface area contributed by atoms with Gasteiger partial charge in [-0.15, -0.1) is 5.10 Å². The first-order valence-electron chi connectivity index (χ1n) is 16.9. The Morgan fingerprint density at radius 2 is 1.62 bits per heavy atom. The zero-order chi connectivity index (χ0) is 35.8. The Hall–Kier alpha value is -4.62. The summed E-state index contributed by atoms with van der Waals surface area (Å²) in [4.78, 5) is 27.4. The molecule has 3 atom stereocenters. The summed E-state index contributed by atoms with van der Waals surface area (Å²) in [6.07, 6.45) is 9.03. The second kappa shape index (κ2) is 16.4. The molecule has 5 rings (SSSR count). The van der Waals surface area contributed by atoms with Crippen molar-refractivity contribution in [3.63, 3.8) is 0 Å². The van der Waals surface area contributed by atoms with E-state index >= 15 is 0 Å². The summed E-state index contributed by atoms with van der Waals surface area (Å²) in [5.41, 5.74) is 2.60. The summed E-state index contributed by atoms with van der Waals surface area (Å²) < 4.78 is 41.0. The number of hydrogen-bond donors (Lipinski definition) is 3. The van der Waals surface area contributed by atoms with Gasteiger partial charge in [0.25, 0.3) is 11.8 Å². The summed E-state index contributed by atoms with van der Waals surface area (Å²) in [5, 5.41) is 25.8. The molecule has 11 nitrogen and oxygen atoms in total. The van der Waals surface area contributed by atoms with Crippen LogP contribution in [0.2, 0.25) is 0 Å². The van der Waals surface area contributed by atoms with Crippen LogP contribution in [0.25, 0.3) is 0 Å². The minimum Gasteiger partial charge on any atom is -0.389 e. The first-order valence-corrected chi connectivity index (χ1v) is 18.8. The Kier molecular flexibility index (Phi) is 12.0. The van der Waals surface area contributed by atoms with Crippen molar-refractivity contribution in [1.29, 1.82) is 0 Å². The molecule has 1 heterocycles. The molecule has 3 N–H and O–H groups in total. The predicted molar refractivity (Wildman–Crippen MR) is 190 cm³/mol. The van der Waals surface area contributed by atoms with Gasteiger partial charge in [-0.05, 0) is 67.1 Å². The number of sulfonamides is 1. The van der Waals surface area contributed by atoms with E-state index in [1.807, 2.05) is 36.5 Å². The van der Waals surface area contributed by atoms with Crippen LogP contribution in [0, 0.1) is 11.7 Å². The number of carbonyl (C=O) groups is 2. The van der Waals surface area contributed by atoms with Crippen molar-refractivity contribution < 1.29 is 27.5 Å². The fourth-order valence-corrected chi connectivity index (χ4v) is 6.78. The normalized spacial score (nSPS) is 15.5. The molecule has 1 aromatic heterocycles. The van der Waals surface area contributed by atoms with E-state index in [1.165, 1.54) is 69.5 Å². The van der Waals surface area contributed by atoms with Crippen molar-refractivity contribution in [2.75, 3.05) is 17.6 Å². The fourth-order valence-electron chi connectivity index (χ4n) is 6.29. The third kappa shape index (κ3) is 9.97. The summed E-state index contributed by atoms with van der Waals surface area (Å²) in [6.45, 7) is 1.82. The number of hydrogen-bond acceptors (Lipinski definition) is 7. The van der Waals surface area contributed by atoms with Gasteiger partial charge in [0.2, 0.25) is 10.0 Å². The van der Waals surface area contributed by atoms with E-state index in [2.05, 4.69) is 20.9 Å². The lowest BCUT2D eigenvalue weighted by atomic mass is 9.86. The number of aliphatic hydroxyl groups is 1. The molecule has 0 radical (unpaired) electrons. The van der Waals surface area contributed by atoms with E-state index in [9.17, 15) is 27.5 Å². The highest BCUT2D eigenvalue weighted by atomic mass is 32.2. The molecule has 4 aromatic rings. The van der Waals surface area contributed by atoms with Crippen LogP contribution >= 0.6 is 0 Å². The Labute approximate surface area is 292 Å². The Bertz CT molecular complexity index is 1860. The number of nitrogens with one attached hydrogen (secondary N) is 2. The second-order valence-corrected chi connectivity index (χ2v) is 15.2. The van der Waals surface area contributed by atoms with Gasteiger partial charge in [-0.2, -0.15) is 0 Å². The highest BCUT2D eigenvalue weighted by Gasteiger charge is 2.26. The maximum Gasteiger partial charge on any atom is 0.251 e. The molecule has 1 aliphatic carbocycles. The smallest absolute Gasteiger partial charge is 0.251 e. The SMILES string of the molecule is C[C@@H](NC(=O)c1cc(C(=O)N[C@@H](Cc2ccccc2)[C@@H](O)Cn2cc(CC3CCCCC3)nn2)cc(N(C)S(C)(=O)=O)c1)c1ccc(F)cc1. The summed E-state index contributed by atoms with van der Waals surface area (Å²) >= 11 is 0. The molecule has 266 valence electrons. The number of aromatic nitrogens is 3. The molecule has 1 saturated carbocycles. The highest BCUT2D eigenvalue weighted by Crippen LogP contribution is 2.26. The molecular weight excluding hydrogens is 660 g/mol. The van der Waals surface area contributed by atoms with E-state index in [0.717, 1.165) is 28.2 Å². The van der Waals surface area contributed by atoms with E-state index in [4.69, 9.17) is 0 Å². The molecule has 0 aliphatic heterocycles. The molecule has 0 unspecified atom stereocenters. The highest BCUT2D eigenvalue weighted by molar-refractivity contribution is 7.92. The summed E-state index contributed by atoms with van der Waals surface area (Å²) in [6, 6.07) is 18.0. The lowest BCUT2D eigenvalue weighted by Crippen LogP contribution is -2.46. The lowest BCUT2D eigenvalue weighted by Gasteiger charge is -2.25. The number of anilines is 1. The second-order valence-electron chi connectivity index (χ2n) is 13.2. The molecular formula is C37H45FN6O5S. The Morgan fingerprint density at radius 1 is 0.980 bits per heavy atom. The van der Waals surface area contributed by atoms with Crippen molar-refractivity contribution in [1.82, 2.24) is 25.6 Å². The monoisotopic (exact) mass is 704 g/mol. The molecule has 0 bridgehead atoms. The van der Waals surface area contributed by atoms with Gasteiger partial charge in [-0.1, -0.05) is 79.8 Å². The zero-order valence-corrected chi connectivity index (χ0v) is 29.4. The van der Waals surface area contributed by atoms with Gasteiger partial charge in [-0.25, -0.2) is 17.5 Å². The van der Waals surface area contributed by atoms with Gasteiger partial charge < -0.3 is 15.7 Å². The van der Waals surface area contributed by atoms with Crippen molar-refractivity contribution in [2.45, 2.75) is 76.6 Å². The van der Waals surface area contributed by atoms with E-state index < -0.39 is 45.8 Å². The third-order valence-electron chi connectivity index (χ3n) is 9.28. The molecule has 3 aromatic carbocycles. The van der Waals surface area contributed by atoms with Gasteiger partial charge >= 0.3 is 0 Å². The molecule has 1 aliphatic rings. The minimum atomic E-state index is -3.75. The quantitative estimate of drug-likeness (QED) is 0.171. The first kappa shape index (κ1) is 36.7. The van der Waals surface area contributed by atoms with E-state index in [0.29, 0.717) is 17.9 Å². The lowest BCUT2D eigenvalue weighted by molar-refractivity contribution is 0.0778. The van der Waals surface area contributed by atoms with Crippen LogP contribution in [0.4, 0.5) is 10.1 Å². The fraction of sp³-hybridized carbons (Fsp3) is 0.405. The van der Waals surface area contributed by atoms with Gasteiger partial charge in [0.05, 0.1) is 42.4 Å². The molecule has 50 heavy (non-hydrogen) atoms. The van der Waals surface area contributed by atoms with Gasteiger partial charge in [0.15, 0.2) is 0 Å². The number of carbonyl (C=O) groups excluding carboxylic acids is 2. The molecule has 0 saturated heterocycles. The van der Waals surface area contributed by atoms with Crippen LogP contribution in [0.1, 0.15) is 82.6 Å². The third-order valence-corrected chi connectivity index (χ3v) is 10.5. The Balaban J connectivity index is 1.38. The maximum atomic E-state index is 13.9. The zero-order valence-electron chi connectivity index (χ0n) is 28.6. The van der Waals surface area contributed by atoms with Crippen molar-refractivity contribution >= 4 is 27.5 Å². The maximum absolute atomic E-state index is 13.9. The summed E-state index contributed by atoms with van der Waals surface area (Å²) in [5.74, 6) is -0.989. The average Bonchev–Trinajstić information content (AvgIpc) is 3.54. The van der Waals surface area contributed by atoms with Gasteiger partial charge in [-0.3, -0.25) is 13.9 Å². The van der Waals surface area contributed by atoms with Crippen LogP contribution < -0.4 is 14.9 Å². The minimum absolute atomic E-state index is 0.0263. The summed E-state index contributed by atoms with van der Waals surface area (Å²) in [7, 11) is -2.42. The number of amides is 2. The molecule has 1 fully saturated rings. The van der Waals surface area contributed by atoms with Crippen LogP contribution in [-0.4, -0.2) is 65.8 Å². The van der Waals surface area contributed by atoms with Crippen molar-refractivity contribution in [3.8, 4) is 0 Å². The number of halogens is 1. The number of aliphatic hydroxyl groups excluding tert-OH is 1. The van der Waals surface area contributed by atoms with Gasteiger partial charge in [0, 0.05) is 24.4 Å². The van der Waals surface area contributed by atoms with Gasteiger partial charge in [0.1, 0.15) is 5.82 Å². The standard InChI is InChI=1S/C37H45FN6O5S/c1-25(28-14-16-31(38)17-15-28)39-36(46)29-20-30(22-33(21-29)43(2)50(3,48)49)37(47)40-34(19-27-12-8-5-9-13-27)35(45)24-44-23-32(41-42-44)18-26-10-6-4-7-11-26/h5,8-9,12-17,20-23,25-26,34-35,45H,4,6-7,10-11,18-19,24H2,1-3H3,(H,39,46)(H,40,47)/t25-,34+,35+/m1/s1. The van der Waals surface area contributed by atoms with Crippen molar-refractivity contribution in [2.24, 2.45) is 5.92 Å². The number of rotatable bonds is 14. The van der Waals surface area contributed by atoms with E-state index in [-0.39, 0.29) is 23.4 Å². The van der Waals surface area contributed by atoms with Crippen LogP contribution in [-0.2, 0) is 29.4 Å². The van der Waals surface area contributed by atoms with Crippen molar-refractivity contribution in [3.05, 3.63) is 113 Å². The molecule has 2 amide bonds. The number of nitrogens with zero attached hydrogens (tertiary/aromatic N) is 4. The predicted octanol–water partition coefficient (Wildman–Crippen LogP) is 4.83.